The van der Waals surface area contributed by atoms with Crippen molar-refractivity contribution in [2.45, 2.75) is 58.5 Å². The zero-order valence-electron chi connectivity index (χ0n) is 20.8. The van der Waals surface area contributed by atoms with Crippen LogP contribution in [0.3, 0.4) is 0 Å². The van der Waals surface area contributed by atoms with Crippen molar-refractivity contribution in [2.75, 3.05) is 18.0 Å². The smallest absolute Gasteiger partial charge is 0.303 e. The molecule has 1 unspecified atom stereocenters. The van der Waals surface area contributed by atoms with Gasteiger partial charge in [-0.3, -0.25) is 4.79 Å². The number of nitrogens with one attached hydrogen (secondary N) is 1. The lowest BCUT2D eigenvalue weighted by Gasteiger charge is -2.31. The summed E-state index contributed by atoms with van der Waals surface area (Å²) in [4.78, 5) is 30.1. The Morgan fingerprint density at radius 3 is 2.44 bits per heavy atom. The molecule has 0 spiro atoms. The van der Waals surface area contributed by atoms with Crippen LogP contribution in [-0.2, 0) is 17.6 Å². The Morgan fingerprint density at radius 1 is 1.11 bits per heavy atom. The largest absolute Gasteiger partial charge is 0.481 e. The lowest BCUT2D eigenvalue weighted by atomic mass is 9.93. The first-order valence-corrected chi connectivity index (χ1v) is 12.8. The Bertz CT molecular complexity index is 1280. The summed E-state index contributed by atoms with van der Waals surface area (Å²) in [5, 5.41) is 9.00. The second-order valence-electron chi connectivity index (χ2n) is 9.72. The van der Waals surface area contributed by atoms with Gasteiger partial charge in [0.2, 0.25) is 5.95 Å². The molecular weight excluding hydrogens is 457 g/mol. The van der Waals surface area contributed by atoms with Crippen molar-refractivity contribution in [1.82, 2.24) is 19.9 Å². The van der Waals surface area contributed by atoms with E-state index in [4.69, 9.17) is 10.1 Å². The Kier molecular flexibility index (Phi) is 6.85. The fraction of sp³-hybridized carbons (Fsp3) is 0.429. The molecule has 1 fully saturated rings. The number of hydrogen-bond donors (Lipinski definition) is 2. The van der Waals surface area contributed by atoms with Crippen LogP contribution in [0.25, 0.3) is 22.2 Å². The molecule has 1 aliphatic carbocycles. The zero-order chi connectivity index (χ0) is 25.2. The molecule has 7 nitrogen and oxygen atoms in total. The number of carboxylic acids is 1. The summed E-state index contributed by atoms with van der Waals surface area (Å²) in [7, 11) is 0. The molecular formula is C28H32FN5O2. The van der Waals surface area contributed by atoms with Crippen molar-refractivity contribution < 1.29 is 14.3 Å². The summed E-state index contributed by atoms with van der Waals surface area (Å²) in [6.45, 7) is 5.78. The first kappa shape index (κ1) is 24.2. The number of H-pyrrole nitrogens is 1. The SMILES string of the molecule is CCc1cc2nc(C3=CC=C(c4cnc(N5CCC(CC(=O)O)CC5)nc4)CC3F)[nH]c2cc1CC. The van der Waals surface area contributed by atoms with Gasteiger partial charge in [0.05, 0.1) is 11.0 Å². The molecule has 3 heterocycles. The number of alkyl halides is 1. The highest BCUT2D eigenvalue weighted by Gasteiger charge is 2.25. The number of piperidine rings is 1. The highest BCUT2D eigenvalue weighted by molar-refractivity contribution is 5.84. The zero-order valence-corrected chi connectivity index (χ0v) is 20.8. The molecule has 3 aromatic rings. The van der Waals surface area contributed by atoms with Gasteiger partial charge in [0.15, 0.2) is 0 Å². The van der Waals surface area contributed by atoms with Gasteiger partial charge < -0.3 is 15.0 Å². The van der Waals surface area contributed by atoms with E-state index in [0.717, 1.165) is 60.9 Å². The number of carbonyl (C=O) groups is 1. The number of allylic oxidation sites excluding steroid dienone is 4. The van der Waals surface area contributed by atoms with E-state index in [-0.39, 0.29) is 18.8 Å². The molecule has 0 bridgehead atoms. The van der Waals surface area contributed by atoms with E-state index in [0.29, 0.717) is 17.3 Å². The number of halogens is 1. The first-order valence-electron chi connectivity index (χ1n) is 12.8. The summed E-state index contributed by atoms with van der Waals surface area (Å²) in [6, 6.07) is 4.25. The number of rotatable bonds is 7. The number of aromatic nitrogens is 4. The number of anilines is 1. The Labute approximate surface area is 210 Å². The number of hydrogen-bond acceptors (Lipinski definition) is 5. The van der Waals surface area contributed by atoms with Crippen LogP contribution < -0.4 is 4.90 Å². The molecule has 36 heavy (non-hydrogen) atoms. The Morgan fingerprint density at radius 2 is 1.81 bits per heavy atom. The molecule has 0 amide bonds. The van der Waals surface area contributed by atoms with E-state index in [1.807, 2.05) is 12.2 Å². The van der Waals surface area contributed by atoms with E-state index in [9.17, 15) is 4.79 Å². The number of aryl methyl sites for hydroxylation is 2. The molecule has 1 aliphatic heterocycles. The predicted molar refractivity (Wildman–Crippen MR) is 140 cm³/mol. The topological polar surface area (TPSA) is 95.0 Å². The van der Waals surface area contributed by atoms with Crippen LogP contribution in [0, 0.1) is 5.92 Å². The van der Waals surface area contributed by atoms with Crippen molar-refractivity contribution >= 4 is 34.1 Å². The molecule has 1 atom stereocenters. The summed E-state index contributed by atoms with van der Waals surface area (Å²) in [5.74, 6) is 0.690. The van der Waals surface area contributed by atoms with Crippen molar-refractivity contribution in [2.24, 2.45) is 5.92 Å². The summed E-state index contributed by atoms with van der Waals surface area (Å²) in [6.07, 6.45) is 10.1. The van der Waals surface area contributed by atoms with Crippen LogP contribution in [0.15, 0.2) is 36.7 Å². The quantitative estimate of drug-likeness (QED) is 0.463. The second-order valence-corrected chi connectivity index (χ2v) is 9.72. The van der Waals surface area contributed by atoms with Gasteiger partial charge in [0.25, 0.3) is 0 Å². The highest BCUT2D eigenvalue weighted by atomic mass is 19.1. The average Bonchev–Trinajstić information content (AvgIpc) is 3.30. The van der Waals surface area contributed by atoms with Crippen LogP contribution in [-0.4, -0.2) is 50.3 Å². The molecule has 0 radical (unpaired) electrons. The lowest BCUT2D eigenvalue weighted by Crippen LogP contribution is -2.35. The maximum atomic E-state index is 15.3. The fourth-order valence-corrected chi connectivity index (χ4v) is 5.28. The number of benzene rings is 1. The molecule has 1 saturated heterocycles. The summed E-state index contributed by atoms with van der Waals surface area (Å²) >= 11 is 0. The van der Waals surface area contributed by atoms with Gasteiger partial charge in [-0.15, -0.1) is 0 Å². The summed E-state index contributed by atoms with van der Waals surface area (Å²) < 4.78 is 15.3. The third-order valence-electron chi connectivity index (χ3n) is 7.41. The van der Waals surface area contributed by atoms with E-state index in [1.165, 1.54) is 11.1 Å². The van der Waals surface area contributed by atoms with Gasteiger partial charge in [-0.2, -0.15) is 0 Å². The first-order chi connectivity index (χ1) is 17.4. The minimum atomic E-state index is -1.17. The van der Waals surface area contributed by atoms with Crippen LogP contribution in [0.2, 0.25) is 0 Å². The highest BCUT2D eigenvalue weighted by Crippen LogP contribution is 2.34. The van der Waals surface area contributed by atoms with Crippen LogP contribution in [0.1, 0.15) is 62.0 Å². The monoisotopic (exact) mass is 489 g/mol. The van der Waals surface area contributed by atoms with E-state index < -0.39 is 12.1 Å². The lowest BCUT2D eigenvalue weighted by molar-refractivity contribution is -0.138. The molecule has 2 N–H and O–H groups in total. The number of imidazole rings is 1. The van der Waals surface area contributed by atoms with Crippen LogP contribution in [0.5, 0.6) is 0 Å². The molecule has 2 aliphatic rings. The second kappa shape index (κ2) is 10.2. The fourth-order valence-electron chi connectivity index (χ4n) is 5.28. The van der Waals surface area contributed by atoms with Gasteiger partial charge in [-0.1, -0.05) is 26.0 Å². The van der Waals surface area contributed by atoms with E-state index in [1.54, 1.807) is 12.4 Å². The molecule has 0 saturated carbocycles. The standard InChI is InChI=1S/C28H32FN5O2/c1-3-18-13-24-25(14-19(18)4-2)33-27(32-24)22-6-5-20(12-23(22)29)21-15-30-28(31-16-21)34-9-7-17(8-10-34)11-26(35)36/h5-6,13-17,23H,3-4,7-12H2,1-2H3,(H,32,33)(H,35,36). The number of aromatic amines is 1. The van der Waals surface area contributed by atoms with E-state index in [2.05, 4.69) is 45.8 Å². The van der Waals surface area contributed by atoms with Gasteiger partial charge in [0.1, 0.15) is 12.0 Å². The van der Waals surface area contributed by atoms with Crippen molar-refractivity contribution in [3.05, 3.63) is 59.2 Å². The van der Waals surface area contributed by atoms with Gasteiger partial charge in [-0.05, 0) is 60.4 Å². The predicted octanol–water partition coefficient (Wildman–Crippen LogP) is 5.38. The van der Waals surface area contributed by atoms with Crippen molar-refractivity contribution in [1.29, 1.82) is 0 Å². The Balaban J connectivity index is 1.31. The average molecular weight is 490 g/mol. The van der Waals surface area contributed by atoms with Crippen LogP contribution in [0.4, 0.5) is 10.3 Å². The summed E-state index contributed by atoms with van der Waals surface area (Å²) in [5.41, 5.74) is 6.62. The third-order valence-corrected chi connectivity index (χ3v) is 7.41. The molecule has 8 heteroatoms. The molecule has 188 valence electrons. The normalized spacial score (nSPS) is 18.9. The van der Waals surface area contributed by atoms with Crippen LogP contribution >= 0.6 is 0 Å². The number of aliphatic carboxylic acids is 1. The van der Waals surface area contributed by atoms with Crippen molar-refractivity contribution in [3.63, 3.8) is 0 Å². The minimum absolute atomic E-state index is 0.210. The third kappa shape index (κ3) is 4.90. The van der Waals surface area contributed by atoms with Gasteiger partial charge >= 0.3 is 5.97 Å². The van der Waals surface area contributed by atoms with Crippen molar-refractivity contribution in [3.8, 4) is 0 Å². The number of fused-ring (bicyclic) bond motifs is 1. The molecule has 5 rings (SSSR count). The maximum Gasteiger partial charge on any atom is 0.303 e. The van der Waals surface area contributed by atoms with Gasteiger partial charge in [-0.25, -0.2) is 19.3 Å². The molecule has 2 aromatic heterocycles. The number of carboxylic acid groups (broad SMARTS) is 1. The number of nitrogens with zero attached hydrogens (tertiary/aromatic N) is 4. The minimum Gasteiger partial charge on any atom is -0.481 e. The molecule has 1 aromatic carbocycles. The Hall–Kier alpha value is -3.55. The van der Waals surface area contributed by atoms with Gasteiger partial charge in [0, 0.05) is 49.5 Å². The van der Waals surface area contributed by atoms with E-state index >= 15 is 4.39 Å². The maximum absolute atomic E-state index is 15.3.